The molecule has 2 unspecified atom stereocenters. The molecule has 0 aliphatic rings. The third-order valence-electron chi connectivity index (χ3n) is 2.34. The zero-order valence-corrected chi connectivity index (χ0v) is 10.2. The summed E-state index contributed by atoms with van der Waals surface area (Å²) in [5.74, 6) is -0.0982. The highest BCUT2D eigenvalue weighted by molar-refractivity contribution is 7.84. The van der Waals surface area contributed by atoms with Crippen LogP contribution in [-0.2, 0) is 16.6 Å². The zero-order valence-electron chi connectivity index (χ0n) is 9.40. The van der Waals surface area contributed by atoms with Crippen LogP contribution in [0.5, 0.6) is 5.75 Å². The average molecular weight is 245 g/mol. The van der Waals surface area contributed by atoms with Gasteiger partial charge in [-0.05, 0) is 13.0 Å². The molecule has 3 nitrogen and oxygen atoms in total. The van der Waals surface area contributed by atoms with Crippen LogP contribution in [-0.4, -0.2) is 23.1 Å². The van der Waals surface area contributed by atoms with Crippen LogP contribution in [0.4, 0.5) is 4.39 Å². The van der Waals surface area contributed by atoms with Gasteiger partial charge in [0.15, 0.2) is 11.6 Å². The van der Waals surface area contributed by atoms with Gasteiger partial charge in [-0.25, -0.2) is 4.39 Å². The average Bonchev–Trinajstić information content (AvgIpc) is 2.30. The van der Waals surface area contributed by atoms with Crippen LogP contribution in [0.2, 0.25) is 0 Å². The molecular formula is C11H16FNO2S. The molecule has 16 heavy (non-hydrogen) atoms. The Labute approximate surface area is 97.2 Å². The maximum absolute atomic E-state index is 13.7. The first-order chi connectivity index (χ1) is 7.60. The molecule has 0 aliphatic heterocycles. The van der Waals surface area contributed by atoms with Crippen molar-refractivity contribution in [3.05, 3.63) is 29.6 Å². The van der Waals surface area contributed by atoms with Crippen molar-refractivity contribution in [3.63, 3.8) is 0 Å². The van der Waals surface area contributed by atoms with Crippen molar-refractivity contribution in [1.29, 1.82) is 0 Å². The molecule has 0 heterocycles. The van der Waals surface area contributed by atoms with E-state index in [1.807, 2.05) is 0 Å². The summed E-state index contributed by atoms with van der Waals surface area (Å²) in [6.45, 7) is 2.12. The van der Waals surface area contributed by atoms with Gasteiger partial charge in [0.1, 0.15) is 0 Å². The Morgan fingerprint density at radius 2 is 2.25 bits per heavy atom. The number of hydrogen-bond acceptors (Lipinski definition) is 3. The van der Waals surface area contributed by atoms with E-state index in [1.54, 1.807) is 19.1 Å². The molecule has 90 valence electrons. The molecule has 0 aromatic heterocycles. The lowest BCUT2D eigenvalue weighted by Gasteiger charge is -2.10. The third-order valence-corrected chi connectivity index (χ3v) is 4.03. The molecule has 0 bridgehead atoms. The van der Waals surface area contributed by atoms with Crippen molar-refractivity contribution in [3.8, 4) is 5.75 Å². The van der Waals surface area contributed by atoms with E-state index in [9.17, 15) is 8.60 Å². The molecule has 2 atom stereocenters. The predicted octanol–water partition coefficient (Wildman–Crippen LogP) is 1.43. The van der Waals surface area contributed by atoms with Crippen LogP contribution in [0.25, 0.3) is 0 Å². The summed E-state index contributed by atoms with van der Waals surface area (Å²) in [5.41, 5.74) is 5.81. The monoisotopic (exact) mass is 245 g/mol. The van der Waals surface area contributed by atoms with Crippen molar-refractivity contribution < 1.29 is 13.3 Å². The lowest BCUT2D eigenvalue weighted by molar-refractivity contribution is 0.385. The fraction of sp³-hybridized carbons (Fsp3) is 0.455. The van der Waals surface area contributed by atoms with Gasteiger partial charge >= 0.3 is 0 Å². The summed E-state index contributed by atoms with van der Waals surface area (Å²) in [5, 5.41) is -0.134. The Bertz CT molecular complexity index is 384. The minimum atomic E-state index is -1.16. The van der Waals surface area contributed by atoms with E-state index in [2.05, 4.69) is 0 Å². The summed E-state index contributed by atoms with van der Waals surface area (Å²) in [6.07, 6.45) is 0. The predicted molar refractivity (Wildman–Crippen MR) is 63.3 cm³/mol. The Morgan fingerprint density at radius 1 is 1.56 bits per heavy atom. The molecule has 0 spiro atoms. The molecule has 5 heteroatoms. The number of nitrogens with two attached hydrogens (primary N) is 1. The first kappa shape index (κ1) is 13.1. The SMILES string of the molecule is COc1cccc(CS(=O)C(C)CN)c1F. The van der Waals surface area contributed by atoms with Gasteiger partial charge < -0.3 is 10.5 Å². The van der Waals surface area contributed by atoms with Gasteiger partial charge in [0.05, 0.1) is 12.9 Å². The number of rotatable bonds is 5. The minimum absolute atomic E-state index is 0.134. The normalized spacial score (nSPS) is 14.5. The third kappa shape index (κ3) is 3.02. The van der Waals surface area contributed by atoms with Crippen LogP contribution in [0, 0.1) is 5.82 Å². The number of benzene rings is 1. The van der Waals surface area contributed by atoms with E-state index in [0.29, 0.717) is 12.1 Å². The number of methoxy groups -OCH3 is 1. The van der Waals surface area contributed by atoms with Gasteiger partial charge in [-0.3, -0.25) is 4.21 Å². The van der Waals surface area contributed by atoms with Gasteiger partial charge in [0, 0.05) is 28.2 Å². The molecule has 2 N–H and O–H groups in total. The molecule has 1 rings (SSSR count). The van der Waals surface area contributed by atoms with Crippen molar-refractivity contribution in [2.45, 2.75) is 17.9 Å². The molecule has 0 fully saturated rings. The Kier molecular flexibility index (Phi) is 4.89. The Balaban J connectivity index is 2.85. The quantitative estimate of drug-likeness (QED) is 0.853. The highest BCUT2D eigenvalue weighted by Gasteiger charge is 2.14. The number of halogens is 1. The molecule has 1 aromatic rings. The number of hydrogen-bond donors (Lipinski definition) is 1. The van der Waals surface area contributed by atoms with E-state index in [4.69, 9.17) is 10.5 Å². The summed E-state index contributed by atoms with van der Waals surface area (Å²) >= 11 is 0. The zero-order chi connectivity index (χ0) is 12.1. The second kappa shape index (κ2) is 5.96. The highest BCUT2D eigenvalue weighted by atomic mass is 32.2. The van der Waals surface area contributed by atoms with E-state index in [1.165, 1.54) is 13.2 Å². The number of ether oxygens (including phenoxy) is 1. The van der Waals surface area contributed by atoms with E-state index in [-0.39, 0.29) is 16.8 Å². The van der Waals surface area contributed by atoms with Crippen LogP contribution in [0.1, 0.15) is 12.5 Å². The summed E-state index contributed by atoms with van der Waals surface area (Å²) in [6, 6.07) is 4.83. The first-order valence-corrected chi connectivity index (χ1v) is 6.37. The Hall–Kier alpha value is -0.940. The molecule has 0 amide bonds. The van der Waals surface area contributed by atoms with Gasteiger partial charge in [0.25, 0.3) is 0 Å². The summed E-state index contributed by atoms with van der Waals surface area (Å²) in [7, 11) is 0.248. The summed E-state index contributed by atoms with van der Waals surface area (Å²) < 4.78 is 30.3. The van der Waals surface area contributed by atoms with Crippen LogP contribution in [0.3, 0.4) is 0 Å². The van der Waals surface area contributed by atoms with Crippen LogP contribution >= 0.6 is 0 Å². The minimum Gasteiger partial charge on any atom is -0.494 e. The maximum atomic E-state index is 13.7. The Morgan fingerprint density at radius 3 is 2.81 bits per heavy atom. The lowest BCUT2D eigenvalue weighted by atomic mass is 10.2. The van der Waals surface area contributed by atoms with Gasteiger partial charge in [0.2, 0.25) is 0 Å². The molecule has 0 radical (unpaired) electrons. The molecule has 0 aliphatic carbocycles. The summed E-state index contributed by atoms with van der Waals surface area (Å²) in [4.78, 5) is 0. The second-order valence-corrected chi connectivity index (χ2v) is 5.36. The van der Waals surface area contributed by atoms with Gasteiger partial charge in [-0.15, -0.1) is 0 Å². The second-order valence-electron chi connectivity index (χ2n) is 3.50. The highest BCUT2D eigenvalue weighted by Crippen LogP contribution is 2.21. The molecular weight excluding hydrogens is 229 g/mol. The van der Waals surface area contributed by atoms with Crippen molar-refractivity contribution in [2.24, 2.45) is 5.73 Å². The van der Waals surface area contributed by atoms with Crippen molar-refractivity contribution in [1.82, 2.24) is 0 Å². The van der Waals surface area contributed by atoms with E-state index >= 15 is 0 Å². The van der Waals surface area contributed by atoms with Crippen molar-refractivity contribution >= 4 is 10.8 Å². The lowest BCUT2D eigenvalue weighted by Crippen LogP contribution is -2.23. The van der Waals surface area contributed by atoms with E-state index < -0.39 is 16.6 Å². The maximum Gasteiger partial charge on any atom is 0.169 e. The fourth-order valence-electron chi connectivity index (χ4n) is 1.23. The van der Waals surface area contributed by atoms with Gasteiger partial charge in [-0.1, -0.05) is 12.1 Å². The largest absolute Gasteiger partial charge is 0.494 e. The van der Waals surface area contributed by atoms with Gasteiger partial charge in [-0.2, -0.15) is 0 Å². The molecule has 0 saturated heterocycles. The first-order valence-electron chi connectivity index (χ1n) is 4.98. The van der Waals surface area contributed by atoms with Crippen LogP contribution < -0.4 is 10.5 Å². The van der Waals surface area contributed by atoms with Crippen molar-refractivity contribution in [2.75, 3.05) is 13.7 Å². The smallest absolute Gasteiger partial charge is 0.169 e. The standard InChI is InChI=1S/C11H16FNO2S/c1-8(6-13)16(14)7-9-4-3-5-10(15-2)11(9)12/h3-5,8H,6-7,13H2,1-2H3. The van der Waals surface area contributed by atoms with Crippen LogP contribution in [0.15, 0.2) is 18.2 Å². The fourth-order valence-corrected chi connectivity index (χ4v) is 2.26. The molecule has 0 saturated carbocycles. The topological polar surface area (TPSA) is 52.3 Å². The van der Waals surface area contributed by atoms with E-state index in [0.717, 1.165) is 0 Å². The molecule has 1 aromatic carbocycles.